The lowest BCUT2D eigenvalue weighted by Gasteiger charge is -2.10. The van der Waals surface area contributed by atoms with Crippen LogP contribution in [0.15, 0.2) is 18.2 Å². The van der Waals surface area contributed by atoms with E-state index in [1.807, 2.05) is 25.1 Å². The number of hydrogen-bond acceptors (Lipinski definition) is 3. The van der Waals surface area contributed by atoms with Crippen LogP contribution < -0.4 is 5.73 Å². The van der Waals surface area contributed by atoms with Gasteiger partial charge < -0.3 is 10.3 Å². The Hall–Kier alpha value is -1.39. The quantitative estimate of drug-likeness (QED) is 0.924. The van der Waals surface area contributed by atoms with Crippen molar-refractivity contribution >= 4 is 11.6 Å². The van der Waals surface area contributed by atoms with Crippen molar-refractivity contribution in [1.82, 2.24) is 14.8 Å². The first-order valence-corrected chi connectivity index (χ1v) is 6.43. The molecule has 2 aromatic rings. The molecule has 0 bridgehead atoms. The molecule has 0 atom stereocenters. The fraction of sp³-hybridized carbons (Fsp3) is 0.385. The average Bonchev–Trinajstić information content (AvgIpc) is 2.76. The van der Waals surface area contributed by atoms with E-state index in [-0.39, 0.29) is 0 Å². The molecule has 4 nitrogen and oxygen atoms in total. The predicted octanol–water partition coefficient (Wildman–Crippen LogP) is 2.78. The van der Waals surface area contributed by atoms with Crippen molar-refractivity contribution in [2.45, 2.75) is 33.4 Å². The van der Waals surface area contributed by atoms with Crippen LogP contribution in [-0.4, -0.2) is 14.8 Å². The van der Waals surface area contributed by atoms with Crippen LogP contribution in [0.1, 0.15) is 24.7 Å². The molecule has 5 heteroatoms. The summed E-state index contributed by atoms with van der Waals surface area (Å²) < 4.78 is 2.07. The molecular formula is C13H17ClN4. The molecule has 0 aliphatic heterocycles. The molecule has 2 rings (SSSR count). The summed E-state index contributed by atoms with van der Waals surface area (Å²) in [6.45, 7) is 5.42. The van der Waals surface area contributed by atoms with E-state index in [9.17, 15) is 0 Å². The fourth-order valence-electron chi connectivity index (χ4n) is 1.98. The maximum atomic E-state index is 6.05. The number of aryl methyl sites for hydroxylation is 1. The monoisotopic (exact) mass is 264 g/mol. The molecule has 2 N–H and O–H groups in total. The van der Waals surface area contributed by atoms with E-state index in [0.717, 1.165) is 35.7 Å². The highest BCUT2D eigenvalue weighted by atomic mass is 35.5. The minimum atomic E-state index is 0.395. The minimum Gasteiger partial charge on any atom is -0.324 e. The molecule has 96 valence electrons. The molecule has 0 saturated carbocycles. The van der Waals surface area contributed by atoms with Crippen LogP contribution in [0.2, 0.25) is 5.02 Å². The largest absolute Gasteiger partial charge is 0.324 e. The molecule has 0 spiro atoms. The number of halogens is 1. The lowest BCUT2D eigenvalue weighted by molar-refractivity contribution is 0.643. The standard InChI is InChI=1S/C13H17ClN4/c1-3-6-18-12(8-15)16-17-13(18)11-7-10(14)5-4-9(11)2/h4-5,7H,3,6,8,15H2,1-2H3. The van der Waals surface area contributed by atoms with E-state index in [1.165, 1.54) is 0 Å². The second-order valence-electron chi connectivity index (χ2n) is 4.25. The van der Waals surface area contributed by atoms with E-state index >= 15 is 0 Å². The van der Waals surface area contributed by atoms with Gasteiger partial charge >= 0.3 is 0 Å². The first-order chi connectivity index (χ1) is 8.67. The third kappa shape index (κ3) is 2.40. The van der Waals surface area contributed by atoms with Gasteiger partial charge in [0, 0.05) is 17.1 Å². The van der Waals surface area contributed by atoms with E-state index in [2.05, 4.69) is 21.7 Å². The Morgan fingerprint density at radius 3 is 2.78 bits per heavy atom. The SMILES string of the molecule is CCCn1c(CN)nnc1-c1cc(Cl)ccc1C. The Labute approximate surface area is 112 Å². The zero-order chi connectivity index (χ0) is 13.1. The van der Waals surface area contributed by atoms with Crippen LogP contribution in [0.4, 0.5) is 0 Å². The zero-order valence-electron chi connectivity index (χ0n) is 10.7. The zero-order valence-corrected chi connectivity index (χ0v) is 11.4. The van der Waals surface area contributed by atoms with Crippen molar-refractivity contribution in [1.29, 1.82) is 0 Å². The maximum Gasteiger partial charge on any atom is 0.164 e. The highest BCUT2D eigenvalue weighted by Gasteiger charge is 2.14. The van der Waals surface area contributed by atoms with Crippen molar-refractivity contribution in [3.8, 4) is 11.4 Å². The van der Waals surface area contributed by atoms with Gasteiger partial charge in [0.25, 0.3) is 0 Å². The molecule has 0 aliphatic rings. The van der Waals surface area contributed by atoms with Gasteiger partial charge in [-0.3, -0.25) is 0 Å². The van der Waals surface area contributed by atoms with E-state index in [1.54, 1.807) is 0 Å². The molecule has 0 aliphatic carbocycles. The molecule has 18 heavy (non-hydrogen) atoms. The smallest absolute Gasteiger partial charge is 0.164 e. The van der Waals surface area contributed by atoms with Gasteiger partial charge in [-0.25, -0.2) is 0 Å². The first kappa shape index (κ1) is 13.1. The highest BCUT2D eigenvalue weighted by Crippen LogP contribution is 2.26. The van der Waals surface area contributed by atoms with Gasteiger partial charge in [-0.1, -0.05) is 24.6 Å². The van der Waals surface area contributed by atoms with Gasteiger partial charge in [-0.05, 0) is 31.0 Å². The summed E-state index contributed by atoms with van der Waals surface area (Å²) >= 11 is 6.05. The molecule has 0 amide bonds. The van der Waals surface area contributed by atoms with Crippen LogP contribution in [0, 0.1) is 6.92 Å². The molecule has 1 aromatic carbocycles. The molecule has 1 aromatic heterocycles. The number of hydrogen-bond donors (Lipinski definition) is 1. The van der Waals surface area contributed by atoms with Gasteiger partial charge in [0.2, 0.25) is 0 Å². The highest BCUT2D eigenvalue weighted by molar-refractivity contribution is 6.30. The van der Waals surface area contributed by atoms with Crippen LogP contribution in [0.25, 0.3) is 11.4 Å². The van der Waals surface area contributed by atoms with Crippen molar-refractivity contribution < 1.29 is 0 Å². The first-order valence-electron chi connectivity index (χ1n) is 6.06. The number of rotatable bonds is 4. The summed E-state index contributed by atoms with van der Waals surface area (Å²) in [7, 11) is 0. The van der Waals surface area contributed by atoms with Crippen LogP contribution >= 0.6 is 11.6 Å². The second kappa shape index (κ2) is 5.50. The molecule has 1 heterocycles. The fourth-order valence-corrected chi connectivity index (χ4v) is 2.15. The Bertz CT molecular complexity index is 548. The van der Waals surface area contributed by atoms with Crippen molar-refractivity contribution in [2.24, 2.45) is 5.73 Å². The van der Waals surface area contributed by atoms with Gasteiger partial charge in [0.1, 0.15) is 5.82 Å². The van der Waals surface area contributed by atoms with Crippen LogP contribution in [0.5, 0.6) is 0 Å². The topological polar surface area (TPSA) is 56.7 Å². The van der Waals surface area contributed by atoms with Gasteiger partial charge in [0.05, 0.1) is 6.54 Å². The van der Waals surface area contributed by atoms with Gasteiger partial charge in [-0.2, -0.15) is 0 Å². The summed E-state index contributed by atoms with van der Waals surface area (Å²) in [6, 6.07) is 5.79. The molecule has 0 fully saturated rings. The summed E-state index contributed by atoms with van der Waals surface area (Å²) in [5, 5.41) is 9.10. The van der Waals surface area contributed by atoms with Crippen molar-refractivity contribution in [3.63, 3.8) is 0 Å². The molecule has 0 saturated heterocycles. The normalized spacial score (nSPS) is 10.9. The lowest BCUT2D eigenvalue weighted by Crippen LogP contribution is -2.09. The van der Waals surface area contributed by atoms with Crippen LogP contribution in [0.3, 0.4) is 0 Å². The van der Waals surface area contributed by atoms with Gasteiger partial charge in [-0.15, -0.1) is 10.2 Å². The third-order valence-electron chi connectivity index (χ3n) is 2.90. The molecule has 0 radical (unpaired) electrons. The summed E-state index contributed by atoms with van der Waals surface area (Å²) in [5.74, 6) is 1.66. The van der Waals surface area contributed by atoms with E-state index in [4.69, 9.17) is 17.3 Å². The Morgan fingerprint density at radius 1 is 1.33 bits per heavy atom. The Morgan fingerprint density at radius 2 is 2.11 bits per heavy atom. The summed E-state index contributed by atoms with van der Waals surface area (Å²) in [5.41, 5.74) is 7.84. The average molecular weight is 265 g/mol. The number of nitrogens with zero attached hydrogens (tertiary/aromatic N) is 3. The van der Waals surface area contributed by atoms with Crippen LogP contribution in [-0.2, 0) is 13.1 Å². The third-order valence-corrected chi connectivity index (χ3v) is 3.13. The molecular weight excluding hydrogens is 248 g/mol. The predicted molar refractivity (Wildman–Crippen MR) is 73.4 cm³/mol. The van der Waals surface area contributed by atoms with Gasteiger partial charge in [0.15, 0.2) is 5.82 Å². The number of nitrogens with two attached hydrogens (primary N) is 1. The lowest BCUT2D eigenvalue weighted by atomic mass is 10.1. The van der Waals surface area contributed by atoms with E-state index in [0.29, 0.717) is 11.6 Å². The van der Waals surface area contributed by atoms with Crippen molar-refractivity contribution in [2.75, 3.05) is 0 Å². The number of benzene rings is 1. The second-order valence-corrected chi connectivity index (χ2v) is 4.69. The minimum absolute atomic E-state index is 0.395. The van der Waals surface area contributed by atoms with Crippen molar-refractivity contribution in [3.05, 3.63) is 34.6 Å². The Kier molecular flexibility index (Phi) is 3.99. The molecule has 0 unspecified atom stereocenters. The maximum absolute atomic E-state index is 6.05. The Balaban J connectivity index is 2.56. The summed E-state index contributed by atoms with van der Waals surface area (Å²) in [6.07, 6.45) is 1.01. The number of aromatic nitrogens is 3. The summed E-state index contributed by atoms with van der Waals surface area (Å²) in [4.78, 5) is 0. The van der Waals surface area contributed by atoms with E-state index < -0.39 is 0 Å².